The van der Waals surface area contributed by atoms with E-state index in [2.05, 4.69) is 4.98 Å². The predicted molar refractivity (Wildman–Crippen MR) is 74.8 cm³/mol. The number of hydrogen-bond acceptors (Lipinski definition) is 3. The van der Waals surface area contributed by atoms with Crippen LogP contribution in [0.25, 0.3) is 20.5 Å². The summed E-state index contributed by atoms with van der Waals surface area (Å²) in [5.41, 5.74) is 0.144. The number of pyridine rings is 1. The third-order valence-corrected chi connectivity index (χ3v) is 4.00. The average molecular weight is 271 g/mol. The molecule has 2 aromatic heterocycles. The zero-order valence-electron chi connectivity index (χ0n) is 9.71. The van der Waals surface area contributed by atoms with Crippen molar-refractivity contribution < 1.29 is 9.90 Å². The highest BCUT2D eigenvalue weighted by atomic mass is 32.1. The van der Waals surface area contributed by atoms with Crippen LogP contribution in [0.4, 0.5) is 0 Å². The molecule has 2 heterocycles. The molecule has 0 radical (unpaired) electrons. The van der Waals surface area contributed by atoms with Crippen LogP contribution in [0.2, 0.25) is 0 Å². The van der Waals surface area contributed by atoms with Crippen molar-refractivity contribution in [1.29, 1.82) is 0 Å². The van der Waals surface area contributed by atoms with Crippen molar-refractivity contribution in [2.24, 2.45) is 0 Å². The number of thiophene rings is 1. The number of benzene rings is 1. The van der Waals surface area contributed by atoms with Gasteiger partial charge in [0, 0.05) is 27.4 Å². The van der Waals surface area contributed by atoms with Gasteiger partial charge in [-0.1, -0.05) is 18.2 Å². The molecular weight excluding hydrogens is 262 g/mol. The number of rotatable bonds is 2. The highest BCUT2D eigenvalue weighted by Crippen LogP contribution is 2.34. The number of aromatic amines is 1. The Balaban J connectivity index is 2.26. The molecule has 5 heteroatoms. The number of hydrogen-bond donors (Lipinski definition) is 2. The van der Waals surface area contributed by atoms with Crippen molar-refractivity contribution in [1.82, 2.24) is 4.98 Å². The third kappa shape index (κ3) is 2.04. The van der Waals surface area contributed by atoms with Crippen LogP contribution in [0.5, 0.6) is 0 Å². The smallest absolute Gasteiger partial charge is 0.336 e. The zero-order valence-corrected chi connectivity index (χ0v) is 10.5. The first-order valence-corrected chi connectivity index (χ1v) is 6.42. The number of carbonyl (C=O) groups is 1. The summed E-state index contributed by atoms with van der Waals surface area (Å²) in [5.74, 6) is -1.10. The predicted octanol–water partition coefficient (Wildman–Crippen LogP) is 2.95. The van der Waals surface area contributed by atoms with Gasteiger partial charge in [0.25, 0.3) is 0 Å². The number of fused-ring (bicyclic) bond motifs is 1. The Morgan fingerprint density at radius 3 is 2.74 bits per heavy atom. The van der Waals surface area contributed by atoms with Crippen LogP contribution in [0.1, 0.15) is 10.4 Å². The maximum atomic E-state index is 11.2. The summed E-state index contributed by atoms with van der Waals surface area (Å²) in [6.07, 6.45) is 1.45. The van der Waals surface area contributed by atoms with Gasteiger partial charge in [-0.3, -0.25) is 4.79 Å². The molecule has 0 atom stereocenters. The minimum atomic E-state index is -1.10. The van der Waals surface area contributed by atoms with Crippen LogP contribution >= 0.6 is 11.3 Å². The van der Waals surface area contributed by atoms with E-state index in [9.17, 15) is 14.7 Å². The van der Waals surface area contributed by atoms with Crippen LogP contribution in [0.3, 0.4) is 0 Å². The van der Waals surface area contributed by atoms with Crippen molar-refractivity contribution in [2.75, 3.05) is 0 Å². The molecule has 2 N–H and O–H groups in total. The van der Waals surface area contributed by atoms with Crippen LogP contribution in [-0.2, 0) is 0 Å². The highest BCUT2D eigenvalue weighted by Gasteiger charge is 2.14. The van der Waals surface area contributed by atoms with E-state index in [0.29, 0.717) is 5.56 Å². The summed E-state index contributed by atoms with van der Waals surface area (Å²) in [7, 11) is 0. The second-order valence-corrected chi connectivity index (χ2v) is 5.16. The van der Waals surface area contributed by atoms with Gasteiger partial charge >= 0.3 is 5.97 Å². The number of aromatic carboxylic acids is 1. The summed E-state index contributed by atoms with van der Waals surface area (Å²) < 4.78 is 1.08. The lowest BCUT2D eigenvalue weighted by Crippen LogP contribution is -2.10. The Morgan fingerprint density at radius 2 is 2.00 bits per heavy atom. The van der Waals surface area contributed by atoms with E-state index >= 15 is 0 Å². The van der Waals surface area contributed by atoms with Gasteiger partial charge in [-0.2, -0.15) is 0 Å². The van der Waals surface area contributed by atoms with E-state index in [1.54, 1.807) is 0 Å². The number of H-pyrrole nitrogens is 1. The van der Waals surface area contributed by atoms with Gasteiger partial charge in [-0.05, 0) is 17.5 Å². The molecule has 0 aliphatic heterocycles. The van der Waals surface area contributed by atoms with Gasteiger partial charge in [0.05, 0.1) is 5.56 Å². The Labute approximate surface area is 112 Å². The molecule has 0 bridgehead atoms. The molecule has 0 spiro atoms. The minimum absolute atomic E-state index is 0.0234. The van der Waals surface area contributed by atoms with Gasteiger partial charge in [0.15, 0.2) is 0 Å². The normalized spacial score (nSPS) is 10.7. The first-order valence-electron chi connectivity index (χ1n) is 5.60. The van der Waals surface area contributed by atoms with Crippen molar-refractivity contribution in [2.45, 2.75) is 0 Å². The lowest BCUT2D eigenvalue weighted by Gasteiger charge is -2.01. The van der Waals surface area contributed by atoms with Crippen LogP contribution in [0.15, 0.2) is 47.4 Å². The second kappa shape index (κ2) is 4.37. The summed E-state index contributed by atoms with van der Waals surface area (Å²) in [6.45, 7) is 0. The van der Waals surface area contributed by atoms with Crippen molar-refractivity contribution in [3.63, 3.8) is 0 Å². The molecule has 19 heavy (non-hydrogen) atoms. The standard InChI is InChI=1S/C14H9NO3S/c16-13-6-9(14(17)18)10(7-15-13)12-5-8-3-1-2-4-11(8)19-12/h1-7H,(H,15,16)(H,17,18). The molecule has 3 rings (SSSR count). The van der Waals surface area contributed by atoms with Crippen LogP contribution in [0, 0.1) is 0 Å². The molecule has 1 aromatic carbocycles. The number of aromatic nitrogens is 1. The third-order valence-electron chi connectivity index (χ3n) is 2.85. The highest BCUT2D eigenvalue weighted by molar-refractivity contribution is 7.22. The van der Waals surface area contributed by atoms with Gasteiger partial charge in [-0.15, -0.1) is 11.3 Å². The largest absolute Gasteiger partial charge is 0.478 e. The van der Waals surface area contributed by atoms with Crippen molar-refractivity contribution >= 4 is 27.4 Å². The lowest BCUT2D eigenvalue weighted by atomic mass is 10.1. The molecule has 0 fully saturated rings. The second-order valence-electron chi connectivity index (χ2n) is 4.08. The molecule has 0 aliphatic carbocycles. The van der Waals surface area contributed by atoms with E-state index in [0.717, 1.165) is 21.0 Å². The fourth-order valence-corrected chi connectivity index (χ4v) is 3.06. The quantitative estimate of drug-likeness (QED) is 0.752. The first-order chi connectivity index (χ1) is 9.15. The SMILES string of the molecule is O=C(O)c1cc(=O)[nH]cc1-c1cc2ccccc2s1. The van der Waals surface area contributed by atoms with Gasteiger partial charge in [-0.25, -0.2) is 4.79 Å². The Kier molecular flexibility index (Phi) is 2.68. The van der Waals surface area contributed by atoms with E-state index in [-0.39, 0.29) is 5.56 Å². The number of carboxylic acids is 1. The Hall–Kier alpha value is -2.40. The molecule has 0 saturated heterocycles. The van der Waals surface area contributed by atoms with Gasteiger partial charge < -0.3 is 10.1 Å². The maximum Gasteiger partial charge on any atom is 0.336 e. The molecule has 0 unspecified atom stereocenters. The molecule has 0 amide bonds. The molecule has 0 aliphatic rings. The summed E-state index contributed by atoms with van der Waals surface area (Å²) >= 11 is 1.50. The number of nitrogens with one attached hydrogen (secondary N) is 1. The maximum absolute atomic E-state index is 11.2. The van der Waals surface area contributed by atoms with Crippen molar-refractivity contribution in [3.05, 3.63) is 58.5 Å². The Bertz CT molecular complexity index is 799. The first kappa shape index (κ1) is 11.7. The minimum Gasteiger partial charge on any atom is -0.478 e. The van der Waals surface area contributed by atoms with Crippen LogP contribution in [-0.4, -0.2) is 16.1 Å². The van der Waals surface area contributed by atoms with Crippen LogP contribution < -0.4 is 5.56 Å². The van der Waals surface area contributed by atoms with Crippen molar-refractivity contribution in [3.8, 4) is 10.4 Å². The van der Waals surface area contributed by atoms with E-state index in [1.807, 2.05) is 30.3 Å². The lowest BCUT2D eigenvalue weighted by molar-refractivity contribution is 0.0697. The van der Waals surface area contributed by atoms with E-state index in [1.165, 1.54) is 17.5 Å². The summed E-state index contributed by atoms with van der Waals surface area (Å²) in [6, 6.07) is 10.9. The molecule has 3 aromatic rings. The Morgan fingerprint density at radius 1 is 1.21 bits per heavy atom. The monoisotopic (exact) mass is 271 g/mol. The number of carboxylic acid groups (broad SMARTS) is 1. The molecule has 4 nitrogen and oxygen atoms in total. The fraction of sp³-hybridized carbons (Fsp3) is 0. The molecule has 0 saturated carbocycles. The van der Waals surface area contributed by atoms with Gasteiger partial charge in [0.1, 0.15) is 0 Å². The molecule has 94 valence electrons. The molecular formula is C14H9NO3S. The summed E-state index contributed by atoms with van der Waals surface area (Å²) in [4.78, 5) is 25.8. The van der Waals surface area contributed by atoms with E-state index in [4.69, 9.17) is 0 Å². The average Bonchev–Trinajstić information content (AvgIpc) is 2.82. The summed E-state index contributed by atoms with van der Waals surface area (Å²) in [5, 5.41) is 10.2. The van der Waals surface area contributed by atoms with Gasteiger partial charge in [0.2, 0.25) is 5.56 Å². The van der Waals surface area contributed by atoms with E-state index < -0.39 is 11.5 Å². The fourth-order valence-electron chi connectivity index (χ4n) is 1.97. The zero-order chi connectivity index (χ0) is 13.4. The topological polar surface area (TPSA) is 70.2 Å².